The van der Waals surface area contributed by atoms with Crippen molar-refractivity contribution < 1.29 is 0 Å². The lowest BCUT2D eigenvalue weighted by molar-refractivity contribution is 0.498. The quantitative estimate of drug-likeness (QED) is 0.720. The Kier molecular flexibility index (Phi) is 5.75. The van der Waals surface area contributed by atoms with E-state index >= 15 is 0 Å². The average Bonchev–Trinajstić information content (AvgIpc) is 2.60. The summed E-state index contributed by atoms with van der Waals surface area (Å²) in [5.74, 6) is 0.399. The van der Waals surface area contributed by atoms with E-state index in [0.29, 0.717) is 5.92 Å². The van der Waals surface area contributed by atoms with Crippen LogP contribution in [-0.2, 0) is 19.6 Å². The third kappa shape index (κ3) is 3.79. The predicted octanol–water partition coefficient (Wildman–Crippen LogP) is 1.72. The van der Waals surface area contributed by atoms with Crippen molar-refractivity contribution in [3.63, 3.8) is 0 Å². The molecule has 0 spiro atoms. The molecule has 2 rings (SSSR count). The molecule has 132 valence electrons. The highest BCUT2D eigenvalue weighted by molar-refractivity contribution is 5.24. The molecule has 0 N–H and O–H groups in total. The van der Waals surface area contributed by atoms with E-state index in [0.717, 1.165) is 19.3 Å². The van der Waals surface area contributed by atoms with Crippen LogP contribution in [0.1, 0.15) is 30.9 Å². The third-order valence-electron chi connectivity index (χ3n) is 4.00. The van der Waals surface area contributed by atoms with E-state index in [1.54, 1.807) is 0 Å². The molecule has 0 radical (unpaired) electrons. The number of rotatable bonds is 7. The van der Waals surface area contributed by atoms with Crippen LogP contribution in [0.3, 0.4) is 0 Å². The fraction of sp³-hybridized carbons (Fsp3) is 0.316. The van der Waals surface area contributed by atoms with Crippen LogP contribution >= 0.6 is 0 Å². The highest BCUT2D eigenvalue weighted by atomic mass is 16.2. The summed E-state index contributed by atoms with van der Waals surface area (Å²) in [6, 6.07) is 7.74. The number of nitrogens with zero attached hydrogens (tertiary/aromatic N) is 3. The summed E-state index contributed by atoms with van der Waals surface area (Å²) in [4.78, 5) is 37.5. The van der Waals surface area contributed by atoms with Crippen molar-refractivity contribution in [3.05, 3.63) is 92.2 Å². The first kappa shape index (κ1) is 18.4. The van der Waals surface area contributed by atoms with Gasteiger partial charge in [0.1, 0.15) is 0 Å². The Labute approximate surface area is 146 Å². The van der Waals surface area contributed by atoms with Crippen LogP contribution in [0.5, 0.6) is 0 Å². The van der Waals surface area contributed by atoms with Gasteiger partial charge in [-0.3, -0.25) is 0 Å². The van der Waals surface area contributed by atoms with Crippen molar-refractivity contribution in [2.24, 2.45) is 0 Å². The molecule has 25 heavy (non-hydrogen) atoms. The minimum atomic E-state index is -0.652. The van der Waals surface area contributed by atoms with Gasteiger partial charge in [-0.1, -0.05) is 50.3 Å². The van der Waals surface area contributed by atoms with Crippen LogP contribution in [0.4, 0.5) is 0 Å². The van der Waals surface area contributed by atoms with E-state index < -0.39 is 17.1 Å². The first-order valence-corrected chi connectivity index (χ1v) is 8.15. The summed E-state index contributed by atoms with van der Waals surface area (Å²) >= 11 is 0. The van der Waals surface area contributed by atoms with Gasteiger partial charge in [0.15, 0.2) is 0 Å². The van der Waals surface area contributed by atoms with Crippen LogP contribution in [0.15, 0.2) is 64.0 Å². The molecule has 0 amide bonds. The minimum absolute atomic E-state index is 0.0430. The maximum absolute atomic E-state index is 12.6. The van der Waals surface area contributed by atoms with Gasteiger partial charge in [0.05, 0.1) is 19.6 Å². The monoisotopic (exact) mass is 341 g/mol. The van der Waals surface area contributed by atoms with E-state index in [1.807, 2.05) is 24.3 Å². The van der Waals surface area contributed by atoms with Crippen molar-refractivity contribution in [1.29, 1.82) is 0 Å². The molecule has 0 aliphatic rings. The SMILES string of the molecule is C=CCn1c(=O)n(CC=C)c(=O)n(Cc2ccc(C(C)C)cc2)c1=O. The maximum Gasteiger partial charge on any atom is 0.336 e. The van der Waals surface area contributed by atoms with Gasteiger partial charge in [-0.15, -0.1) is 13.2 Å². The smallest absolute Gasteiger partial charge is 0.247 e. The number of hydrogen-bond acceptors (Lipinski definition) is 3. The third-order valence-corrected chi connectivity index (χ3v) is 4.00. The molecular formula is C19H23N3O3. The van der Waals surface area contributed by atoms with E-state index in [9.17, 15) is 14.4 Å². The van der Waals surface area contributed by atoms with Crippen LogP contribution in [0, 0.1) is 0 Å². The summed E-state index contributed by atoms with van der Waals surface area (Å²) < 4.78 is 3.07. The molecular weight excluding hydrogens is 318 g/mol. The highest BCUT2D eigenvalue weighted by Gasteiger charge is 2.14. The van der Waals surface area contributed by atoms with Crippen molar-refractivity contribution in [3.8, 4) is 0 Å². The zero-order valence-corrected chi connectivity index (χ0v) is 14.6. The van der Waals surface area contributed by atoms with Gasteiger partial charge in [-0.2, -0.15) is 0 Å². The highest BCUT2D eigenvalue weighted by Crippen LogP contribution is 2.14. The van der Waals surface area contributed by atoms with Gasteiger partial charge in [0, 0.05) is 0 Å². The summed E-state index contributed by atoms with van der Waals surface area (Å²) in [7, 11) is 0. The van der Waals surface area contributed by atoms with Crippen molar-refractivity contribution >= 4 is 0 Å². The molecule has 6 heteroatoms. The second kappa shape index (κ2) is 7.79. The molecule has 0 aliphatic heterocycles. The molecule has 0 fully saturated rings. The summed E-state index contributed by atoms with van der Waals surface area (Å²) in [6.07, 6.45) is 2.90. The number of allylic oxidation sites excluding steroid dienone is 2. The molecule has 0 saturated heterocycles. The standard InChI is InChI=1S/C19H23N3O3/c1-5-11-20-17(23)21(12-6-2)19(25)22(18(20)24)13-15-7-9-16(10-8-15)14(3)4/h5-10,14H,1-2,11-13H2,3-4H3. The number of benzene rings is 1. The normalized spacial score (nSPS) is 10.8. The number of aromatic nitrogens is 3. The predicted molar refractivity (Wildman–Crippen MR) is 99.2 cm³/mol. The maximum atomic E-state index is 12.6. The fourth-order valence-corrected chi connectivity index (χ4v) is 2.58. The first-order valence-electron chi connectivity index (χ1n) is 8.15. The molecule has 1 aromatic heterocycles. The second-order valence-corrected chi connectivity index (χ2v) is 6.13. The molecule has 2 aromatic rings. The Morgan fingerprint density at radius 1 is 0.840 bits per heavy atom. The molecule has 6 nitrogen and oxygen atoms in total. The van der Waals surface area contributed by atoms with Crippen molar-refractivity contribution in [2.45, 2.75) is 39.4 Å². The Bertz CT molecular complexity index is 896. The molecule has 1 aromatic carbocycles. The van der Waals surface area contributed by atoms with Gasteiger partial charge in [0.2, 0.25) is 0 Å². The average molecular weight is 341 g/mol. The Hall–Kier alpha value is -2.89. The van der Waals surface area contributed by atoms with Crippen LogP contribution in [-0.4, -0.2) is 13.7 Å². The topological polar surface area (TPSA) is 66.0 Å². The minimum Gasteiger partial charge on any atom is -0.247 e. The first-order chi connectivity index (χ1) is 11.9. The lowest BCUT2D eigenvalue weighted by Gasteiger charge is -2.13. The Morgan fingerprint density at radius 3 is 1.68 bits per heavy atom. The second-order valence-electron chi connectivity index (χ2n) is 6.13. The Morgan fingerprint density at radius 2 is 1.28 bits per heavy atom. The zero-order chi connectivity index (χ0) is 18.6. The van der Waals surface area contributed by atoms with Gasteiger partial charge < -0.3 is 0 Å². The van der Waals surface area contributed by atoms with Crippen molar-refractivity contribution in [2.75, 3.05) is 0 Å². The van der Waals surface area contributed by atoms with E-state index in [1.165, 1.54) is 17.7 Å². The molecule has 0 unspecified atom stereocenters. The van der Waals surface area contributed by atoms with E-state index in [2.05, 4.69) is 27.0 Å². The fourth-order valence-electron chi connectivity index (χ4n) is 2.58. The molecule has 0 atom stereocenters. The largest absolute Gasteiger partial charge is 0.336 e. The molecule has 1 heterocycles. The van der Waals surface area contributed by atoms with E-state index in [-0.39, 0.29) is 19.6 Å². The van der Waals surface area contributed by atoms with Crippen LogP contribution in [0.2, 0.25) is 0 Å². The lowest BCUT2D eigenvalue weighted by atomic mass is 10.0. The van der Waals surface area contributed by atoms with Gasteiger partial charge in [-0.25, -0.2) is 28.1 Å². The van der Waals surface area contributed by atoms with Gasteiger partial charge in [0.25, 0.3) is 0 Å². The summed E-state index contributed by atoms with van der Waals surface area (Å²) in [5.41, 5.74) is 0.0712. The van der Waals surface area contributed by atoms with E-state index in [4.69, 9.17) is 0 Å². The molecule has 0 saturated carbocycles. The van der Waals surface area contributed by atoms with Crippen molar-refractivity contribution in [1.82, 2.24) is 13.7 Å². The van der Waals surface area contributed by atoms with Crippen LogP contribution < -0.4 is 17.1 Å². The van der Waals surface area contributed by atoms with Gasteiger partial charge >= 0.3 is 17.1 Å². The molecule has 0 bridgehead atoms. The lowest BCUT2D eigenvalue weighted by Crippen LogP contribution is -2.54. The van der Waals surface area contributed by atoms with Crippen LogP contribution in [0.25, 0.3) is 0 Å². The summed E-state index contributed by atoms with van der Waals surface area (Å²) in [6.45, 7) is 11.5. The summed E-state index contributed by atoms with van der Waals surface area (Å²) in [5, 5.41) is 0. The van der Waals surface area contributed by atoms with Gasteiger partial charge in [-0.05, 0) is 17.0 Å². The molecule has 0 aliphatic carbocycles. The number of hydrogen-bond donors (Lipinski definition) is 0. The zero-order valence-electron chi connectivity index (χ0n) is 14.6. The Balaban J connectivity index is 2.58.